The summed E-state index contributed by atoms with van der Waals surface area (Å²) in [5.74, 6) is 0. The van der Waals surface area contributed by atoms with Gasteiger partial charge in [-0.05, 0) is 32.9 Å². The summed E-state index contributed by atoms with van der Waals surface area (Å²) in [6.07, 6.45) is -0.608. The zero-order valence-corrected chi connectivity index (χ0v) is 10.5. The summed E-state index contributed by atoms with van der Waals surface area (Å²) in [6, 6.07) is 4.69. The van der Waals surface area contributed by atoms with Crippen molar-refractivity contribution in [1.82, 2.24) is 4.98 Å². The van der Waals surface area contributed by atoms with Gasteiger partial charge in [0.2, 0.25) is 0 Å². The monoisotopic (exact) mass is 253 g/mol. The molecule has 0 saturated carbocycles. The Labute approximate surface area is 104 Å². The summed E-state index contributed by atoms with van der Waals surface area (Å²) in [6.45, 7) is 5.27. The third kappa shape index (κ3) is 4.70. The van der Waals surface area contributed by atoms with E-state index < -0.39 is 11.7 Å². The molecule has 1 aromatic rings. The molecule has 0 atom stereocenters. The molecule has 0 radical (unpaired) electrons. The molecule has 0 spiro atoms. The van der Waals surface area contributed by atoms with Crippen molar-refractivity contribution >= 4 is 23.4 Å². The Hall–Kier alpha value is -1.80. The van der Waals surface area contributed by atoms with Gasteiger partial charge in [0, 0.05) is 5.69 Å². The number of nitrogens with one attached hydrogen (secondary N) is 1. The van der Waals surface area contributed by atoms with Gasteiger partial charge in [-0.1, -0.05) is 11.6 Å². The zero-order valence-electron chi connectivity index (χ0n) is 9.74. The predicted octanol–water partition coefficient (Wildman–Crippen LogP) is 2.95. The lowest BCUT2D eigenvalue weighted by Crippen LogP contribution is -2.27. The van der Waals surface area contributed by atoms with E-state index in [4.69, 9.17) is 21.6 Å². The largest absolute Gasteiger partial charge is 0.444 e. The number of nitriles is 1. The van der Waals surface area contributed by atoms with Gasteiger partial charge in [0.1, 0.15) is 22.5 Å². The van der Waals surface area contributed by atoms with Gasteiger partial charge in [0.25, 0.3) is 0 Å². The number of pyridine rings is 1. The number of hydrogen-bond donors (Lipinski definition) is 1. The molecule has 0 aromatic carbocycles. The highest BCUT2D eigenvalue weighted by atomic mass is 35.5. The van der Waals surface area contributed by atoms with Gasteiger partial charge in [-0.3, -0.25) is 5.32 Å². The number of hydrogen-bond acceptors (Lipinski definition) is 4. The van der Waals surface area contributed by atoms with Gasteiger partial charge in [0.05, 0.1) is 0 Å². The van der Waals surface area contributed by atoms with E-state index in [9.17, 15) is 4.79 Å². The fourth-order valence-corrected chi connectivity index (χ4v) is 1.26. The van der Waals surface area contributed by atoms with Crippen LogP contribution in [0, 0.1) is 11.3 Å². The summed E-state index contributed by atoms with van der Waals surface area (Å²) in [5, 5.41) is 11.3. The van der Waals surface area contributed by atoms with Crippen LogP contribution in [0.4, 0.5) is 10.5 Å². The second kappa shape index (κ2) is 5.02. The number of ether oxygens (including phenoxy) is 1. The molecule has 1 amide bonds. The number of nitrogens with zero attached hydrogens (tertiary/aromatic N) is 2. The van der Waals surface area contributed by atoms with E-state index in [2.05, 4.69) is 10.3 Å². The summed E-state index contributed by atoms with van der Waals surface area (Å²) in [5.41, 5.74) is -0.0850. The number of anilines is 1. The highest BCUT2D eigenvalue weighted by Gasteiger charge is 2.16. The standard InChI is InChI=1S/C11H12ClN3O2/c1-11(2,3)17-10(16)15-7-4-8(6-13)14-9(12)5-7/h4-5H,1-3H3,(H,14,15,16). The summed E-state index contributed by atoms with van der Waals surface area (Å²) < 4.78 is 5.06. The van der Waals surface area contributed by atoms with Crippen molar-refractivity contribution in [2.75, 3.05) is 5.32 Å². The van der Waals surface area contributed by atoms with Crippen LogP contribution in [0.25, 0.3) is 0 Å². The van der Waals surface area contributed by atoms with Gasteiger partial charge < -0.3 is 4.74 Å². The number of aromatic nitrogens is 1. The van der Waals surface area contributed by atoms with E-state index in [0.29, 0.717) is 5.69 Å². The number of halogens is 1. The van der Waals surface area contributed by atoms with Crippen molar-refractivity contribution in [3.05, 3.63) is 23.0 Å². The number of carbonyl (C=O) groups is 1. The summed E-state index contributed by atoms with van der Waals surface area (Å²) >= 11 is 5.69. The van der Waals surface area contributed by atoms with Crippen LogP contribution in [0.3, 0.4) is 0 Å². The van der Waals surface area contributed by atoms with Gasteiger partial charge in [-0.15, -0.1) is 0 Å². The Balaban J connectivity index is 2.79. The lowest BCUT2D eigenvalue weighted by Gasteiger charge is -2.19. The molecule has 5 nitrogen and oxygen atoms in total. The molecule has 0 fully saturated rings. The van der Waals surface area contributed by atoms with Crippen LogP contribution in [0.5, 0.6) is 0 Å². The van der Waals surface area contributed by atoms with Crippen molar-refractivity contribution in [3.63, 3.8) is 0 Å². The maximum Gasteiger partial charge on any atom is 0.412 e. The maximum atomic E-state index is 11.5. The minimum absolute atomic E-state index is 0.128. The average molecular weight is 254 g/mol. The molecule has 6 heteroatoms. The Morgan fingerprint density at radius 2 is 2.18 bits per heavy atom. The molecule has 0 unspecified atom stereocenters. The minimum atomic E-state index is -0.608. The Morgan fingerprint density at radius 3 is 2.71 bits per heavy atom. The molecule has 1 rings (SSSR count). The first kappa shape index (κ1) is 13.3. The fraction of sp³-hybridized carbons (Fsp3) is 0.364. The molecule has 0 saturated heterocycles. The predicted molar refractivity (Wildman–Crippen MR) is 63.8 cm³/mol. The van der Waals surface area contributed by atoms with Gasteiger partial charge in [0.15, 0.2) is 0 Å². The van der Waals surface area contributed by atoms with Crippen LogP contribution in [0.2, 0.25) is 5.15 Å². The highest BCUT2D eigenvalue weighted by Crippen LogP contribution is 2.16. The van der Waals surface area contributed by atoms with Gasteiger partial charge >= 0.3 is 6.09 Å². The van der Waals surface area contributed by atoms with Crippen LogP contribution in [-0.2, 0) is 4.74 Å². The van der Waals surface area contributed by atoms with Gasteiger partial charge in [-0.25, -0.2) is 9.78 Å². The second-order valence-electron chi connectivity index (χ2n) is 4.30. The van der Waals surface area contributed by atoms with E-state index in [1.165, 1.54) is 12.1 Å². The zero-order chi connectivity index (χ0) is 13.1. The Bertz CT molecular complexity index is 475. The van der Waals surface area contributed by atoms with Crippen LogP contribution < -0.4 is 5.32 Å². The molecule has 0 aliphatic rings. The molecule has 1 aromatic heterocycles. The fourth-order valence-electron chi connectivity index (χ4n) is 1.05. The van der Waals surface area contributed by atoms with E-state index in [-0.39, 0.29) is 10.8 Å². The molecule has 0 bridgehead atoms. The van der Waals surface area contributed by atoms with E-state index in [1.54, 1.807) is 20.8 Å². The smallest absolute Gasteiger partial charge is 0.412 e. The quantitative estimate of drug-likeness (QED) is 0.781. The highest BCUT2D eigenvalue weighted by molar-refractivity contribution is 6.29. The molecular weight excluding hydrogens is 242 g/mol. The van der Waals surface area contributed by atoms with Crippen molar-refractivity contribution in [2.24, 2.45) is 0 Å². The van der Waals surface area contributed by atoms with Gasteiger partial charge in [-0.2, -0.15) is 5.26 Å². The average Bonchev–Trinajstić information content (AvgIpc) is 2.13. The SMILES string of the molecule is CC(C)(C)OC(=O)Nc1cc(Cl)nc(C#N)c1. The third-order valence-electron chi connectivity index (χ3n) is 1.55. The van der Waals surface area contributed by atoms with Crippen molar-refractivity contribution in [1.29, 1.82) is 5.26 Å². The maximum absolute atomic E-state index is 11.5. The number of carbonyl (C=O) groups excluding carboxylic acids is 1. The molecule has 0 aliphatic carbocycles. The summed E-state index contributed by atoms with van der Waals surface area (Å²) in [7, 11) is 0. The van der Waals surface area contributed by atoms with E-state index >= 15 is 0 Å². The Morgan fingerprint density at radius 1 is 1.53 bits per heavy atom. The molecule has 1 heterocycles. The minimum Gasteiger partial charge on any atom is -0.444 e. The van der Waals surface area contributed by atoms with Crippen LogP contribution in [0.1, 0.15) is 26.5 Å². The molecular formula is C11H12ClN3O2. The van der Waals surface area contributed by atoms with Crippen molar-refractivity contribution in [3.8, 4) is 6.07 Å². The lowest BCUT2D eigenvalue weighted by molar-refractivity contribution is 0.0636. The third-order valence-corrected chi connectivity index (χ3v) is 1.75. The number of rotatable bonds is 1. The normalized spacial score (nSPS) is 10.5. The summed E-state index contributed by atoms with van der Waals surface area (Å²) in [4.78, 5) is 15.2. The van der Waals surface area contributed by atoms with Crippen LogP contribution in [-0.4, -0.2) is 16.7 Å². The molecule has 90 valence electrons. The van der Waals surface area contributed by atoms with Crippen molar-refractivity contribution < 1.29 is 9.53 Å². The first-order valence-electron chi connectivity index (χ1n) is 4.88. The topological polar surface area (TPSA) is 75.0 Å². The molecule has 0 aliphatic heterocycles. The Kier molecular flexibility index (Phi) is 3.92. The first-order chi connectivity index (χ1) is 7.80. The van der Waals surface area contributed by atoms with Crippen molar-refractivity contribution in [2.45, 2.75) is 26.4 Å². The lowest BCUT2D eigenvalue weighted by atomic mass is 10.2. The van der Waals surface area contributed by atoms with Crippen LogP contribution in [0.15, 0.2) is 12.1 Å². The second-order valence-corrected chi connectivity index (χ2v) is 4.69. The molecule has 1 N–H and O–H groups in total. The van der Waals surface area contributed by atoms with E-state index in [0.717, 1.165) is 0 Å². The van der Waals surface area contributed by atoms with Crippen LogP contribution >= 0.6 is 11.6 Å². The number of amides is 1. The molecule has 17 heavy (non-hydrogen) atoms. The first-order valence-corrected chi connectivity index (χ1v) is 5.25. The van der Waals surface area contributed by atoms with E-state index in [1.807, 2.05) is 6.07 Å².